The SMILES string of the molecule is Cc1cc(-n2c(CCCl)nc3c(C)ccnc32)ccc1F. The fraction of sp³-hybridized carbons (Fsp3) is 0.250. The first kappa shape index (κ1) is 14.0. The minimum Gasteiger partial charge on any atom is -0.281 e. The number of rotatable bonds is 3. The van der Waals surface area contributed by atoms with Crippen molar-refractivity contribution in [2.24, 2.45) is 0 Å². The van der Waals surface area contributed by atoms with E-state index in [1.54, 1.807) is 25.3 Å². The highest BCUT2D eigenvalue weighted by molar-refractivity contribution is 6.17. The number of aryl methyl sites for hydroxylation is 3. The van der Waals surface area contributed by atoms with E-state index in [2.05, 4.69) is 9.97 Å². The number of aromatic nitrogens is 3. The van der Waals surface area contributed by atoms with Gasteiger partial charge in [0.15, 0.2) is 5.65 Å². The molecule has 2 aromatic heterocycles. The molecule has 1 aromatic carbocycles. The fourth-order valence-corrected chi connectivity index (χ4v) is 2.60. The summed E-state index contributed by atoms with van der Waals surface area (Å²) in [6.07, 6.45) is 2.39. The summed E-state index contributed by atoms with van der Waals surface area (Å²) in [5.74, 6) is 1.10. The van der Waals surface area contributed by atoms with Crippen molar-refractivity contribution in [2.45, 2.75) is 20.3 Å². The molecule has 0 saturated carbocycles. The Bertz CT molecular complexity index is 811. The van der Waals surface area contributed by atoms with Gasteiger partial charge in [-0.25, -0.2) is 14.4 Å². The summed E-state index contributed by atoms with van der Waals surface area (Å²) < 4.78 is 15.5. The van der Waals surface area contributed by atoms with Crippen molar-refractivity contribution >= 4 is 22.8 Å². The van der Waals surface area contributed by atoms with E-state index >= 15 is 0 Å². The van der Waals surface area contributed by atoms with Gasteiger partial charge in [0.2, 0.25) is 0 Å². The van der Waals surface area contributed by atoms with E-state index in [-0.39, 0.29) is 5.82 Å². The smallest absolute Gasteiger partial charge is 0.164 e. The van der Waals surface area contributed by atoms with Crippen molar-refractivity contribution in [1.82, 2.24) is 14.5 Å². The summed E-state index contributed by atoms with van der Waals surface area (Å²) in [5.41, 5.74) is 4.16. The Labute approximate surface area is 127 Å². The van der Waals surface area contributed by atoms with E-state index in [0.29, 0.717) is 17.9 Å². The van der Waals surface area contributed by atoms with Crippen molar-refractivity contribution < 1.29 is 4.39 Å². The van der Waals surface area contributed by atoms with Crippen LogP contribution in [0.5, 0.6) is 0 Å². The van der Waals surface area contributed by atoms with Gasteiger partial charge in [0.1, 0.15) is 17.2 Å². The summed E-state index contributed by atoms with van der Waals surface area (Å²) in [6.45, 7) is 3.75. The maximum absolute atomic E-state index is 13.5. The standard InChI is InChI=1S/C16H15ClFN3/c1-10-6-8-19-16-15(10)20-14(5-7-17)21(16)12-3-4-13(18)11(2)9-12/h3-4,6,8-9H,5,7H2,1-2H3. The van der Waals surface area contributed by atoms with Gasteiger partial charge in [0.25, 0.3) is 0 Å². The predicted molar refractivity (Wildman–Crippen MR) is 82.7 cm³/mol. The molecule has 0 amide bonds. The lowest BCUT2D eigenvalue weighted by atomic mass is 10.2. The minimum atomic E-state index is -0.216. The number of hydrogen-bond acceptors (Lipinski definition) is 2. The molecule has 3 nitrogen and oxygen atoms in total. The highest BCUT2D eigenvalue weighted by Crippen LogP contribution is 2.24. The molecule has 3 aromatic rings. The Balaban J connectivity index is 2.30. The Morgan fingerprint density at radius 3 is 2.71 bits per heavy atom. The monoisotopic (exact) mass is 303 g/mol. The lowest BCUT2D eigenvalue weighted by Crippen LogP contribution is -2.03. The van der Waals surface area contributed by atoms with Crippen LogP contribution in [0.25, 0.3) is 16.9 Å². The zero-order valence-corrected chi connectivity index (χ0v) is 12.7. The molecule has 0 saturated heterocycles. The minimum absolute atomic E-state index is 0.216. The van der Waals surface area contributed by atoms with Gasteiger partial charge in [-0.15, -0.1) is 11.6 Å². The first-order chi connectivity index (χ1) is 10.1. The van der Waals surface area contributed by atoms with Crippen LogP contribution in [0.15, 0.2) is 30.5 Å². The molecule has 0 aliphatic rings. The van der Waals surface area contributed by atoms with Crippen molar-refractivity contribution in [3.63, 3.8) is 0 Å². The molecule has 0 fully saturated rings. The number of nitrogens with zero attached hydrogens (tertiary/aromatic N) is 3. The Morgan fingerprint density at radius 2 is 2.00 bits per heavy atom. The first-order valence-electron chi connectivity index (χ1n) is 6.77. The molecule has 0 spiro atoms. The summed E-state index contributed by atoms with van der Waals surface area (Å²) in [7, 11) is 0. The largest absolute Gasteiger partial charge is 0.281 e. The summed E-state index contributed by atoms with van der Waals surface area (Å²) in [6, 6.07) is 6.94. The zero-order valence-electron chi connectivity index (χ0n) is 11.9. The van der Waals surface area contributed by atoms with Gasteiger partial charge in [0.05, 0.1) is 0 Å². The Hall–Kier alpha value is -1.94. The molecular formula is C16H15ClFN3. The molecule has 0 aliphatic heterocycles. The van der Waals surface area contributed by atoms with E-state index in [0.717, 1.165) is 28.2 Å². The highest BCUT2D eigenvalue weighted by Gasteiger charge is 2.15. The molecule has 0 radical (unpaired) electrons. The van der Waals surface area contributed by atoms with Crippen molar-refractivity contribution in [2.75, 3.05) is 5.88 Å². The number of alkyl halides is 1. The molecule has 0 unspecified atom stereocenters. The number of hydrogen-bond donors (Lipinski definition) is 0. The van der Waals surface area contributed by atoms with Crippen molar-refractivity contribution in [3.05, 3.63) is 53.2 Å². The van der Waals surface area contributed by atoms with Crippen LogP contribution in [0.3, 0.4) is 0 Å². The summed E-state index contributed by atoms with van der Waals surface area (Å²) in [4.78, 5) is 9.09. The van der Waals surface area contributed by atoms with E-state index in [1.165, 1.54) is 6.07 Å². The second kappa shape index (κ2) is 5.45. The normalized spacial score (nSPS) is 11.2. The van der Waals surface area contributed by atoms with E-state index in [9.17, 15) is 4.39 Å². The van der Waals surface area contributed by atoms with Crippen LogP contribution in [0.1, 0.15) is 17.0 Å². The van der Waals surface area contributed by atoms with Gasteiger partial charge < -0.3 is 0 Å². The molecule has 2 heterocycles. The second-order valence-electron chi connectivity index (χ2n) is 5.04. The van der Waals surface area contributed by atoms with Crippen molar-refractivity contribution in [1.29, 1.82) is 0 Å². The number of benzene rings is 1. The molecule has 21 heavy (non-hydrogen) atoms. The van der Waals surface area contributed by atoms with Gasteiger partial charge in [-0.2, -0.15) is 0 Å². The van der Waals surface area contributed by atoms with E-state index in [1.807, 2.05) is 17.6 Å². The average Bonchev–Trinajstić information content (AvgIpc) is 2.82. The molecule has 0 atom stereocenters. The van der Waals surface area contributed by atoms with Gasteiger partial charge >= 0.3 is 0 Å². The van der Waals surface area contributed by atoms with Gasteiger partial charge in [-0.3, -0.25) is 4.57 Å². The average molecular weight is 304 g/mol. The quantitative estimate of drug-likeness (QED) is 0.686. The van der Waals surface area contributed by atoms with E-state index in [4.69, 9.17) is 11.6 Å². The lowest BCUT2D eigenvalue weighted by molar-refractivity contribution is 0.618. The van der Waals surface area contributed by atoms with Gasteiger partial charge in [-0.05, 0) is 49.2 Å². The maximum atomic E-state index is 13.5. The summed E-state index contributed by atoms with van der Waals surface area (Å²) in [5, 5.41) is 0. The molecular weight excluding hydrogens is 289 g/mol. The van der Waals surface area contributed by atoms with E-state index < -0.39 is 0 Å². The third-order valence-electron chi connectivity index (χ3n) is 3.54. The topological polar surface area (TPSA) is 30.7 Å². The number of imidazole rings is 1. The number of halogens is 2. The third-order valence-corrected chi connectivity index (χ3v) is 3.72. The molecule has 0 N–H and O–H groups in total. The third kappa shape index (κ3) is 2.40. The second-order valence-corrected chi connectivity index (χ2v) is 5.41. The van der Waals surface area contributed by atoms with Crippen LogP contribution >= 0.6 is 11.6 Å². The van der Waals surface area contributed by atoms with Crippen LogP contribution in [0.4, 0.5) is 4.39 Å². The van der Waals surface area contributed by atoms with Crippen LogP contribution in [0, 0.1) is 19.7 Å². The predicted octanol–water partition coefficient (Wildman–Crippen LogP) is 3.96. The molecule has 3 rings (SSSR count). The number of fused-ring (bicyclic) bond motifs is 1. The van der Waals surface area contributed by atoms with Crippen LogP contribution in [-0.2, 0) is 6.42 Å². The zero-order chi connectivity index (χ0) is 15.0. The molecule has 0 bridgehead atoms. The lowest BCUT2D eigenvalue weighted by Gasteiger charge is -2.09. The Kier molecular flexibility index (Phi) is 3.64. The molecule has 108 valence electrons. The fourth-order valence-electron chi connectivity index (χ4n) is 2.43. The van der Waals surface area contributed by atoms with Crippen molar-refractivity contribution in [3.8, 4) is 5.69 Å². The van der Waals surface area contributed by atoms with Gasteiger partial charge in [0, 0.05) is 24.2 Å². The van der Waals surface area contributed by atoms with Crippen LogP contribution in [0.2, 0.25) is 0 Å². The molecule has 0 aliphatic carbocycles. The first-order valence-corrected chi connectivity index (χ1v) is 7.30. The Morgan fingerprint density at radius 1 is 1.19 bits per heavy atom. The van der Waals surface area contributed by atoms with Crippen LogP contribution in [-0.4, -0.2) is 20.4 Å². The molecule has 5 heteroatoms. The maximum Gasteiger partial charge on any atom is 0.164 e. The van der Waals surface area contributed by atoms with Crippen LogP contribution < -0.4 is 0 Å². The highest BCUT2D eigenvalue weighted by atomic mass is 35.5. The number of pyridine rings is 1. The summed E-state index contributed by atoms with van der Waals surface area (Å²) >= 11 is 5.89. The van der Waals surface area contributed by atoms with Gasteiger partial charge in [-0.1, -0.05) is 0 Å².